The van der Waals surface area contributed by atoms with Gasteiger partial charge in [0.05, 0.1) is 13.7 Å². The fourth-order valence-corrected chi connectivity index (χ4v) is 1.64. The quantitative estimate of drug-likeness (QED) is 0.595. The molecule has 1 amide bonds. The molecular weight excluding hydrogens is 212 g/mol. The Labute approximate surface area is 94.7 Å². The summed E-state index contributed by atoms with van der Waals surface area (Å²) < 4.78 is 9.85. The van der Waals surface area contributed by atoms with Crippen molar-refractivity contribution in [2.45, 2.75) is 18.4 Å². The minimum atomic E-state index is -0.987. The van der Waals surface area contributed by atoms with E-state index in [4.69, 9.17) is 9.47 Å². The largest absolute Gasteiger partial charge is 0.467 e. The molecule has 6 heteroatoms. The van der Waals surface area contributed by atoms with Crippen molar-refractivity contribution in [3.05, 3.63) is 0 Å². The van der Waals surface area contributed by atoms with Crippen LogP contribution in [-0.4, -0.2) is 51.3 Å². The van der Waals surface area contributed by atoms with E-state index in [0.717, 1.165) is 0 Å². The average Bonchev–Trinajstić information content (AvgIpc) is 2.75. The van der Waals surface area contributed by atoms with E-state index < -0.39 is 11.5 Å². The third kappa shape index (κ3) is 2.93. The number of hydrogen-bond donors (Lipinski definition) is 2. The van der Waals surface area contributed by atoms with Gasteiger partial charge < -0.3 is 20.1 Å². The number of carbonyl (C=O) groups excluding carboxylic acids is 2. The second kappa shape index (κ2) is 5.81. The Balaban J connectivity index is 2.57. The van der Waals surface area contributed by atoms with Gasteiger partial charge in [0.15, 0.2) is 5.54 Å². The number of amides is 1. The third-order valence-corrected chi connectivity index (χ3v) is 2.58. The second-order valence-electron chi connectivity index (χ2n) is 3.78. The summed E-state index contributed by atoms with van der Waals surface area (Å²) in [7, 11) is 3.07. The number of methoxy groups -OCH3 is 1. The van der Waals surface area contributed by atoms with Crippen LogP contribution in [0.15, 0.2) is 0 Å². The number of nitrogens with one attached hydrogen (secondary N) is 2. The molecule has 0 spiro atoms. The van der Waals surface area contributed by atoms with Crippen LogP contribution in [0.3, 0.4) is 0 Å². The molecule has 1 aliphatic rings. The number of esters is 1. The van der Waals surface area contributed by atoms with Crippen molar-refractivity contribution in [2.75, 3.05) is 33.9 Å². The van der Waals surface area contributed by atoms with Crippen molar-refractivity contribution in [3.8, 4) is 0 Å². The summed E-state index contributed by atoms with van der Waals surface area (Å²) in [6.45, 7) is 1.22. The predicted octanol–water partition coefficient (Wildman–Crippen LogP) is -0.956. The van der Waals surface area contributed by atoms with Gasteiger partial charge in [0.1, 0.15) is 0 Å². The number of ether oxygens (including phenoxy) is 2. The topological polar surface area (TPSA) is 76.7 Å². The van der Waals surface area contributed by atoms with Gasteiger partial charge in [-0.05, 0) is 7.05 Å². The van der Waals surface area contributed by atoms with Crippen LogP contribution in [-0.2, 0) is 19.1 Å². The Bertz CT molecular complexity index is 262. The van der Waals surface area contributed by atoms with Crippen LogP contribution in [0, 0.1) is 0 Å². The first-order chi connectivity index (χ1) is 7.64. The van der Waals surface area contributed by atoms with Crippen LogP contribution in [0.25, 0.3) is 0 Å². The van der Waals surface area contributed by atoms with Crippen LogP contribution in [0.2, 0.25) is 0 Å². The van der Waals surface area contributed by atoms with Gasteiger partial charge in [-0.1, -0.05) is 0 Å². The fourth-order valence-electron chi connectivity index (χ4n) is 1.64. The van der Waals surface area contributed by atoms with E-state index >= 15 is 0 Å². The SMILES string of the molecule is CNCCC(=O)NC1(C(=O)OC)CCOC1. The predicted molar refractivity (Wildman–Crippen MR) is 56.9 cm³/mol. The number of hydrogen-bond acceptors (Lipinski definition) is 5. The molecule has 1 fully saturated rings. The zero-order chi connectivity index (χ0) is 12.0. The van der Waals surface area contributed by atoms with Crippen molar-refractivity contribution in [1.82, 2.24) is 10.6 Å². The van der Waals surface area contributed by atoms with Crippen molar-refractivity contribution in [1.29, 1.82) is 0 Å². The summed E-state index contributed by atoms with van der Waals surface area (Å²) in [5.41, 5.74) is -0.987. The van der Waals surface area contributed by atoms with Crippen LogP contribution in [0.5, 0.6) is 0 Å². The minimum Gasteiger partial charge on any atom is -0.467 e. The minimum absolute atomic E-state index is 0.176. The summed E-state index contributed by atoms with van der Waals surface area (Å²) in [5, 5.41) is 5.57. The van der Waals surface area contributed by atoms with Crippen molar-refractivity contribution in [2.24, 2.45) is 0 Å². The lowest BCUT2D eigenvalue weighted by atomic mass is 9.98. The van der Waals surface area contributed by atoms with Gasteiger partial charge in [0.2, 0.25) is 5.91 Å². The molecule has 1 heterocycles. The monoisotopic (exact) mass is 230 g/mol. The number of carbonyl (C=O) groups is 2. The Morgan fingerprint density at radius 2 is 2.25 bits per heavy atom. The van der Waals surface area contributed by atoms with E-state index in [0.29, 0.717) is 26.0 Å². The maximum atomic E-state index is 11.6. The molecule has 2 N–H and O–H groups in total. The van der Waals surface area contributed by atoms with Gasteiger partial charge in [-0.3, -0.25) is 4.79 Å². The van der Waals surface area contributed by atoms with E-state index in [9.17, 15) is 9.59 Å². The highest BCUT2D eigenvalue weighted by Gasteiger charge is 2.44. The van der Waals surface area contributed by atoms with Crippen molar-refractivity contribution in [3.63, 3.8) is 0 Å². The summed E-state index contributed by atoms with van der Waals surface area (Å²) in [6, 6.07) is 0. The second-order valence-corrected chi connectivity index (χ2v) is 3.78. The normalized spacial score (nSPS) is 24.1. The molecule has 0 aromatic carbocycles. The lowest BCUT2D eigenvalue weighted by molar-refractivity contribution is -0.151. The molecule has 1 unspecified atom stereocenters. The van der Waals surface area contributed by atoms with Crippen LogP contribution < -0.4 is 10.6 Å². The Hall–Kier alpha value is -1.14. The van der Waals surface area contributed by atoms with Gasteiger partial charge in [-0.25, -0.2) is 4.79 Å². The van der Waals surface area contributed by atoms with E-state index in [-0.39, 0.29) is 12.5 Å². The number of rotatable bonds is 5. The van der Waals surface area contributed by atoms with E-state index in [1.807, 2.05) is 0 Å². The Morgan fingerprint density at radius 3 is 2.75 bits per heavy atom. The molecule has 0 bridgehead atoms. The summed E-state index contributed by atoms with van der Waals surface area (Å²) in [5.74, 6) is -0.618. The van der Waals surface area contributed by atoms with E-state index in [2.05, 4.69) is 10.6 Å². The van der Waals surface area contributed by atoms with Crippen LogP contribution >= 0.6 is 0 Å². The standard InChI is InChI=1S/C10H18N2O4/c1-11-5-3-8(13)12-10(9(14)15-2)4-6-16-7-10/h11H,3-7H2,1-2H3,(H,12,13). The maximum absolute atomic E-state index is 11.6. The molecule has 0 aliphatic carbocycles. The first-order valence-corrected chi connectivity index (χ1v) is 5.26. The van der Waals surface area contributed by atoms with Gasteiger partial charge in [0, 0.05) is 26.0 Å². The van der Waals surface area contributed by atoms with Crippen molar-refractivity contribution < 1.29 is 19.1 Å². The van der Waals surface area contributed by atoms with E-state index in [1.165, 1.54) is 7.11 Å². The molecule has 1 saturated heterocycles. The summed E-state index contributed by atoms with van der Waals surface area (Å²) >= 11 is 0. The summed E-state index contributed by atoms with van der Waals surface area (Å²) in [6.07, 6.45) is 0.792. The molecule has 0 aromatic rings. The molecule has 0 aromatic heterocycles. The zero-order valence-corrected chi connectivity index (χ0v) is 9.67. The zero-order valence-electron chi connectivity index (χ0n) is 9.67. The smallest absolute Gasteiger partial charge is 0.334 e. The maximum Gasteiger partial charge on any atom is 0.334 e. The molecule has 1 rings (SSSR count). The fraction of sp³-hybridized carbons (Fsp3) is 0.800. The average molecular weight is 230 g/mol. The first kappa shape index (κ1) is 12.9. The van der Waals surface area contributed by atoms with Gasteiger partial charge in [-0.2, -0.15) is 0 Å². The first-order valence-electron chi connectivity index (χ1n) is 5.26. The van der Waals surface area contributed by atoms with Gasteiger partial charge in [-0.15, -0.1) is 0 Å². The van der Waals surface area contributed by atoms with Crippen LogP contribution in [0.1, 0.15) is 12.8 Å². The molecule has 16 heavy (non-hydrogen) atoms. The molecular formula is C10H18N2O4. The van der Waals surface area contributed by atoms with E-state index in [1.54, 1.807) is 7.05 Å². The molecule has 1 aliphatic heterocycles. The molecule has 6 nitrogen and oxygen atoms in total. The lowest BCUT2D eigenvalue weighted by Crippen LogP contribution is -2.56. The third-order valence-electron chi connectivity index (χ3n) is 2.58. The van der Waals surface area contributed by atoms with Gasteiger partial charge in [0.25, 0.3) is 0 Å². The van der Waals surface area contributed by atoms with Crippen molar-refractivity contribution >= 4 is 11.9 Å². The molecule has 0 radical (unpaired) electrons. The summed E-state index contributed by atoms with van der Waals surface area (Å²) in [4.78, 5) is 23.2. The highest BCUT2D eigenvalue weighted by molar-refractivity contribution is 5.88. The lowest BCUT2D eigenvalue weighted by Gasteiger charge is -2.25. The Morgan fingerprint density at radius 1 is 1.50 bits per heavy atom. The van der Waals surface area contributed by atoms with Gasteiger partial charge >= 0.3 is 5.97 Å². The highest BCUT2D eigenvalue weighted by atomic mass is 16.5. The molecule has 0 saturated carbocycles. The molecule has 1 atom stereocenters. The molecule has 92 valence electrons. The highest BCUT2D eigenvalue weighted by Crippen LogP contribution is 2.20. The van der Waals surface area contributed by atoms with Crippen LogP contribution in [0.4, 0.5) is 0 Å². The Kier molecular flexibility index (Phi) is 4.70.